The van der Waals surface area contributed by atoms with E-state index in [9.17, 15) is 10.2 Å². The molecule has 2 aromatic rings. The van der Waals surface area contributed by atoms with E-state index in [1.807, 2.05) is 43.4 Å². The molecule has 0 saturated heterocycles. The maximum absolute atomic E-state index is 10.8. The molecule has 20 heavy (non-hydrogen) atoms. The summed E-state index contributed by atoms with van der Waals surface area (Å²) in [5.74, 6) is 0. The molecule has 3 nitrogen and oxygen atoms in total. The molecule has 1 heterocycles. The summed E-state index contributed by atoms with van der Waals surface area (Å²) in [5.41, 5.74) is 5.24. The fourth-order valence-electron chi connectivity index (χ4n) is 3.71. The van der Waals surface area contributed by atoms with Crippen LogP contribution in [0.1, 0.15) is 34.9 Å². The van der Waals surface area contributed by atoms with Crippen LogP contribution in [0.25, 0.3) is 11.1 Å². The van der Waals surface area contributed by atoms with E-state index in [0.717, 1.165) is 27.8 Å². The minimum Gasteiger partial charge on any atom is -0.387 e. The molecule has 0 bridgehead atoms. The first-order valence-electron chi connectivity index (χ1n) is 6.97. The number of nitrogens with zero attached hydrogens (tertiary/aromatic N) is 1. The van der Waals surface area contributed by atoms with Gasteiger partial charge in [-0.3, -0.25) is 4.90 Å². The third-order valence-electron chi connectivity index (χ3n) is 4.60. The molecule has 4 rings (SSSR count). The van der Waals surface area contributed by atoms with Gasteiger partial charge in [0.15, 0.2) is 0 Å². The predicted molar refractivity (Wildman–Crippen MR) is 77.2 cm³/mol. The van der Waals surface area contributed by atoms with Crippen LogP contribution in [0.5, 0.6) is 0 Å². The summed E-state index contributed by atoms with van der Waals surface area (Å²) < 4.78 is 0. The number of aliphatic hydroxyl groups excluding tert-OH is 2. The molecule has 1 aliphatic carbocycles. The standard InChI is InChI=1S/C17H17NO2/c1-18-9-14(19)13-8-4-7-11-10-5-2-3-6-12(10)17(20)16(18)15(11)13/h2-8,14,16-17,19-20H,9H2,1H3. The molecule has 0 amide bonds. The first kappa shape index (κ1) is 12.1. The number of rotatable bonds is 0. The van der Waals surface area contributed by atoms with Gasteiger partial charge in [-0.2, -0.15) is 0 Å². The van der Waals surface area contributed by atoms with Crippen LogP contribution in [-0.2, 0) is 0 Å². The summed E-state index contributed by atoms with van der Waals surface area (Å²) in [4.78, 5) is 2.05. The number of β-amino-alcohol motifs (C(OH)–C–C–N with tert-alkyl or cyclic N) is 1. The van der Waals surface area contributed by atoms with Gasteiger partial charge in [-0.25, -0.2) is 0 Å². The van der Waals surface area contributed by atoms with Crippen molar-refractivity contribution in [2.24, 2.45) is 0 Å². The van der Waals surface area contributed by atoms with Crippen molar-refractivity contribution in [2.75, 3.05) is 13.6 Å². The Balaban J connectivity index is 2.07. The van der Waals surface area contributed by atoms with E-state index in [1.165, 1.54) is 0 Å². The highest BCUT2D eigenvalue weighted by Crippen LogP contribution is 2.51. The van der Waals surface area contributed by atoms with Gasteiger partial charge in [-0.1, -0.05) is 42.5 Å². The lowest BCUT2D eigenvalue weighted by atomic mass is 9.75. The highest BCUT2D eigenvalue weighted by atomic mass is 16.3. The van der Waals surface area contributed by atoms with Crippen LogP contribution in [-0.4, -0.2) is 28.7 Å². The second-order valence-electron chi connectivity index (χ2n) is 5.74. The normalized spacial score (nSPS) is 27.9. The zero-order valence-electron chi connectivity index (χ0n) is 11.3. The van der Waals surface area contributed by atoms with Crippen LogP contribution in [0.2, 0.25) is 0 Å². The lowest BCUT2D eigenvalue weighted by Gasteiger charge is -2.44. The molecule has 3 atom stereocenters. The van der Waals surface area contributed by atoms with Crippen LogP contribution < -0.4 is 0 Å². The Morgan fingerprint density at radius 1 is 0.950 bits per heavy atom. The number of hydrogen-bond acceptors (Lipinski definition) is 3. The summed E-state index contributed by atoms with van der Waals surface area (Å²) in [7, 11) is 1.96. The van der Waals surface area contributed by atoms with Gasteiger partial charge >= 0.3 is 0 Å². The average molecular weight is 267 g/mol. The van der Waals surface area contributed by atoms with Gasteiger partial charge in [0.25, 0.3) is 0 Å². The van der Waals surface area contributed by atoms with Gasteiger partial charge < -0.3 is 10.2 Å². The average Bonchev–Trinajstić information content (AvgIpc) is 2.46. The topological polar surface area (TPSA) is 43.7 Å². The zero-order chi connectivity index (χ0) is 13.9. The molecule has 0 spiro atoms. The summed E-state index contributed by atoms with van der Waals surface area (Å²) in [6, 6.07) is 14.0. The van der Waals surface area contributed by atoms with Crippen molar-refractivity contribution < 1.29 is 10.2 Å². The van der Waals surface area contributed by atoms with E-state index in [-0.39, 0.29) is 6.04 Å². The number of aliphatic hydroxyl groups is 2. The van der Waals surface area contributed by atoms with Crippen LogP contribution in [0, 0.1) is 0 Å². The Hall–Kier alpha value is -1.68. The molecule has 2 aromatic carbocycles. The molecule has 0 aromatic heterocycles. The second-order valence-corrected chi connectivity index (χ2v) is 5.74. The van der Waals surface area contributed by atoms with Crippen molar-refractivity contribution in [3.63, 3.8) is 0 Å². The molecule has 2 N–H and O–H groups in total. The molecular formula is C17H17NO2. The number of benzene rings is 2. The monoisotopic (exact) mass is 267 g/mol. The third-order valence-corrected chi connectivity index (χ3v) is 4.60. The highest BCUT2D eigenvalue weighted by Gasteiger charge is 2.40. The molecule has 2 aliphatic rings. The fourth-order valence-corrected chi connectivity index (χ4v) is 3.71. The van der Waals surface area contributed by atoms with E-state index < -0.39 is 12.2 Å². The van der Waals surface area contributed by atoms with Gasteiger partial charge in [0.2, 0.25) is 0 Å². The van der Waals surface area contributed by atoms with Crippen LogP contribution in [0.4, 0.5) is 0 Å². The largest absolute Gasteiger partial charge is 0.387 e. The summed E-state index contributed by atoms with van der Waals surface area (Å²) in [6.45, 7) is 0.556. The molecule has 1 aliphatic heterocycles. The minimum absolute atomic E-state index is 0.0699. The summed E-state index contributed by atoms with van der Waals surface area (Å²) in [6.07, 6.45) is -1.03. The molecule has 102 valence electrons. The van der Waals surface area contributed by atoms with E-state index in [0.29, 0.717) is 6.54 Å². The first-order chi connectivity index (χ1) is 9.68. The Morgan fingerprint density at radius 3 is 2.50 bits per heavy atom. The molecule has 3 heteroatoms. The summed E-state index contributed by atoms with van der Waals surface area (Å²) in [5, 5.41) is 21.1. The number of hydrogen-bond donors (Lipinski definition) is 2. The fraction of sp³-hybridized carbons (Fsp3) is 0.294. The molecule has 3 unspecified atom stereocenters. The lowest BCUT2D eigenvalue weighted by molar-refractivity contribution is 0.0149. The van der Waals surface area contributed by atoms with E-state index >= 15 is 0 Å². The van der Waals surface area contributed by atoms with Crippen LogP contribution >= 0.6 is 0 Å². The Morgan fingerprint density at radius 2 is 1.65 bits per heavy atom. The molecule has 0 saturated carbocycles. The SMILES string of the molecule is CN1CC(O)c2cccc3c2C1C(O)c1ccccc1-3. The molecule has 0 radical (unpaired) electrons. The predicted octanol–water partition coefficient (Wildman–Crippen LogP) is 2.42. The van der Waals surface area contributed by atoms with E-state index in [4.69, 9.17) is 0 Å². The van der Waals surface area contributed by atoms with Crippen molar-refractivity contribution in [3.8, 4) is 11.1 Å². The van der Waals surface area contributed by atoms with Gasteiger partial charge in [-0.15, -0.1) is 0 Å². The lowest BCUT2D eigenvalue weighted by Crippen LogP contribution is -2.40. The molecule has 0 fully saturated rings. The third kappa shape index (κ3) is 1.45. The van der Waals surface area contributed by atoms with Crippen molar-refractivity contribution in [1.29, 1.82) is 0 Å². The second kappa shape index (κ2) is 4.16. The summed E-state index contributed by atoms with van der Waals surface area (Å²) >= 11 is 0. The van der Waals surface area contributed by atoms with Crippen LogP contribution in [0.3, 0.4) is 0 Å². The van der Waals surface area contributed by atoms with Crippen molar-refractivity contribution in [3.05, 3.63) is 59.2 Å². The van der Waals surface area contributed by atoms with Gasteiger partial charge in [0.1, 0.15) is 0 Å². The number of likely N-dealkylation sites (N-methyl/N-ethyl adjacent to an activating group) is 1. The van der Waals surface area contributed by atoms with E-state index in [2.05, 4.69) is 11.0 Å². The Labute approximate surface area is 118 Å². The van der Waals surface area contributed by atoms with Gasteiger partial charge in [0, 0.05) is 6.54 Å². The maximum atomic E-state index is 10.8. The Kier molecular flexibility index (Phi) is 2.51. The van der Waals surface area contributed by atoms with E-state index in [1.54, 1.807) is 0 Å². The van der Waals surface area contributed by atoms with Crippen molar-refractivity contribution >= 4 is 0 Å². The maximum Gasteiger partial charge on any atom is 0.0993 e. The number of fused-ring (bicyclic) bond motifs is 2. The van der Waals surface area contributed by atoms with Crippen LogP contribution in [0.15, 0.2) is 42.5 Å². The van der Waals surface area contributed by atoms with Crippen molar-refractivity contribution in [1.82, 2.24) is 4.90 Å². The quantitative estimate of drug-likeness (QED) is 0.770. The smallest absolute Gasteiger partial charge is 0.0993 e. The van der Waals surface area contributed by atoms with Crippen molar-refractivity contribution in [2.45, 2.75) is 18.2 Å². The van der Waals surface area contributed by atoms with Gasteiger partial charge in [-0.05, 0) is 34.9 Å². The highest BCUT2D eigenvalue weighted by molar-refractivity contribution is 5.76. The zero-order valence-corrected chi connectivity index (χ0v) is 11.3. The first-order valence-corrected chi connectivity index (χ1v) is 6.97. The minimum atomic E-state index is -0.544. The molecular weight excluding hydrogens is 250 g/mol. The van der Waals surface area contributed by atoms with Gasteiger partial charge in [0.05, 0.1) is 18.2 Å². The Bertz CT molecular complexity index is 682.